The van der Waals surface area contributed by atoms with E-state index in [0.29, 0.717) is 24.5 Å². The molecule has 0 bridgehead atoms. The number of H-pyrrole nitrogens is 1. The van der Waals surface area contributed by atoms with Crippen molar-refractivity contribution >= 4 is 28.5 Å². The topological polar surface area (TPSA) is 88.1 Å². The van der Waals surface area contributed by atoms with Gasteiger partial charge in [0, 0.05) is 19.6 Å². The van der Waals surface area contributed by atoms with Crippen LogP contribution in [0.2, 0.25) is 0 Å². The molecule has 3 heterocycles. The van der Waals surface area contributed by atoms with Crippen molar-refractivity contribution in [3.8, 4) is 0 Å². The fourth-order valence-corrected chi connectivity index (χ4v) is 4.22. The van der Waals surface area contributed by atoms with Gasteiger partial charge in [0.05, 0.1) is 5.52 Å². The molecule has 0 fully saturated rings. The van der Waals surface area contributed by atoms with Crippen molar-refractivity contribution in [1.82, 2.24) is 18.8 Å². The number of aromatic nitrogens is 3. The molecule has 8 heteroatoms. The first-order chi connectivity index (χ1) is 13.1. The van der Waals surface area contributed by atoms with E-state index in [4.69, 9.17) is 0 Å². The van der Waals surface area contributed by atoms with Gasteiger partial charge in [-0.05, 0) is 35.5 Å². The molecular formula is C19H20N4O3S. The number of nitrogens with zero attached hydrogens (tertiary/aromatic N) is 3. The van der Waals surface area contributed by atoms with Crippen molar-refractivity contribution in [1.29, 1.82) is 0 Å². The second kappa shape index (κ2) is 7.11. The molecule has 1 N–H and O–H groups in total. The minimum absolute atomic E-state index is 0.163. The number of nitrogens with one attached hydrogen (secondary N) is 1. The summed E-state index contributed by atoms with van der Waals surface area (Å²) in [5.41, 5.74) is 1.88. The van der Waals surface area contributed by atoms with Gasteiger partial charge in [-0.1, -0.05) is 37.6 Å². The van der Waals surface area contributed by atoms with Gasteiger partial charge < -0.3 is 9.88 Å². The summed E-state index contributed by atoms with van der Waals surface area (Å²) in [4.78, 5) is 42.7. The zero-order valence-electron chi connectivity index (χ0n) is 15.0. The highest BCUT2D eigenvalue weighted by molar-refractivity contribution is 7.09. The molecule has 1 amide bonds. The molecule has 0 unspecified atom stereocenters. The standard InChI is InChI=1S/C19H20N4O3S/c1-2-3-9-23-17(24)15-14(20-19(23)26)16(27-21-15)18(25)22-10-8-12-6-4-5-7-13(12)11-22/h4-7H,2-3,8-11H2,1H3,(H,20,26). The van der Waals surface area contributed by atoms with Gasteiger partial charge in [-0.15, -0.1) is 0 Å². The number of hydrogen-bond acceptors (Lipinski definition) is 5. The van der Waals surface area contributed by atoms with Crippen LogP contribution in [0.15, 0.2) is 33.9 Å². The Hall–Kier alpha value is -2.74. The molecule has 1 aliphatic rings. The Labute approximate surface area is 159 Å². The molecule has 0 saturated carbocycles. The number of amides is 1. The fraction of sp³-hybridized carbons (Fsp3) is 0.368. The Bertz CT molecular complexity index is 1130. The molecule has 1 aromatic carbocycles. The van der Waals surface area contributed by atoms with Crippen LogP contribution in [0.4, 0.5) is 0 Å². The number of fused-ring (bicyclic) bond motifs is 2. The first-order valence-electron chi connectivity index (χ1n) is 9.08. The van der Waals surface area contributed by atoms with Crippen LogP contribution in [0, 0.1) is 0 Å². The Kier molecular flexibility index (Phi) is 4.65. The number of carbonyl (C=O) groups is 1. The second-order valence-corrected chi connectivity index (χ2v) is 7.49. The van der Waals surface area contributed by atoms with Gasteiger partial charge >= 0.3 is 5.69 Å². The van der Waals surface area contributed by atoms with E-state index in [1.165, 1.54) is 5.56 Å². The van der Waals surface area contributed by atoms with Gasteiger partial charge in [0.1, 0.15) is 4.88 Å². The number of unbranched alkanes of at least 4 members (excludes halogenated alkanes) is 1. The summed E-state index contributed by atoms with van der Waals surface area (Å²) in [6.45, 7) is 3.47. The molecule has 4 rings (SSSR count). The van der Waals surface area contributed by atoms with Crippen LogP contribution in [-0.4, -0.2) is 31.3 Å². The van der Waals surface area contributed by atoms with Crippen LogP contribution in [0.25, 0.3) is 11.0 Å². The van der Waals surface area contributed by atoms with Crippen molar-refractivity contribution in [2.45, 2.75) is 39.3 Å². The van der Waals surface area contributed by atoms with E-state index in [1.54, 1.807) is 4.90 Å². The molecule has 2 aromatic heterocycles. The minimum atomic E-state index is -0.487. The molecule has 0 spiro atoms. The SMILES string of the molecule is CCCCn1c(=O)[nH]c2c(C(=O)N3CCc4ccccc4C3)snc2c1=O. The maximum absolute atomic E-state index is 13.0. The lowest BCUT2D eigenvalue weighted by molar-refractivity contribution is 0.0741. The monoisotopic (exact) mass is 384 g/mol. The first-order valence-corrected chi connectivity index (χ1v) is 9.86. The first kappa shape index (κ1) is 17.7. The molecular weight excluding hydrogens is 364 g/mol. The largest absolute Gasteiger partial charge is 0.333 e. The summed E-state index contributed by atoms with van der Waals surface area (Å²) in [6, 6.07) is 8.07. The zero-order chi connectivity index (χ0) is 19.0. The molecule has 7 nitrogen and oxygen atoms in total. The zero-order valence-corrected chi connectivity index (χ0v) is 15.8. The third kappa shape index (κ3) is 3.10. The lowest BCUT2D eigenvalue weighted by atomic mass is 10.00. The summed E-state index contributed by atoms with van der Waals surface area (Å²) in [5.74, 6) is -0.196. The molecule has 0 atom stereocenters. The molecule has 0 aliphatic carbocycles. The van der Waals surface area contributed by atoms with Crippen molar-refractivity contribution < 1.29 is 4.79 Å². The Morgan fingerprint density at radius 2 is 2.04 bits per heavy atom. The van der Waals surface area contributed by atoms with Crippen LogP contribution in [-0.2, 0) is 19.5 Å². The van der Waals surface area contributed by atoms with Gasteiger partial charge in [-0.3, -0.25) is 14.2 Å². The van der Waals surface area contributed by atoms with Crippen molar-refractivity contribution in [2.24, 2.45) is 0 Å². The average molecular weight is 384 g/mol. The smallest absolute Gasteiger partial charge is 0.328 e. The van der Waals surface area contributed by atoms with Gasteiger partial charge in [0.15, 0.2) is 5.52 Å². The van der Waals surface area contributed by atoms with Gasteiger partial charge in [-0.25, -0.2) is 4.79 Å². The molecule has 140 valence electrons. The van der Waals surface area contributed by atoms with Crippen LogP contribution >= 0.6 is 11.5 Å². The second-order valence-electron chi connectivity index (χ2n) is 6.72. The van der Waals surface area contributed by atoms with E-state index in [1.807, 2.05) is 25.1 Å². The van der Waals surface area contributed by atoms with Crippen molar-refractivity contribution in [3.63, 3.8) is 0 Å². The normalized spacial score (nSPS) is 13.7. The Morgan fingerprint density at radius 3 is 2.81 bits per heavy atom. The molecule has 3 aromatic rings. The summed E-state index contributed by atoms with van der Waals surface area (Å²) in [7, 11) is 0. The predicted molar refractivity (Wildman–Crippen MR) is 104 cm³/mol. The van der Waals surface area contributed by atoms with Gasteiger partial charge in [0.2, 0.25) is 0 Å². The lowest BCUT2D eigenvalue weighted by Gasteiger charge is -2.28. The predicted octanol–water partition coefficient (Wildman–Crippen LogP) is 2.14. The highest BCUT2D eigenvalue weighted by Crippen LogP contribution is 2.24. The quantitative estimate of drug-likeness (QED) is 0.746. The Morgan fingerprint density at radius 1 is 1.26 bits per heavy atom. The third-order valence-electron chi connectivity index (χ3n) is 4.96. The number of benzene rings is 1. The summed E-state index contributed by atoms with van der Waals surface area (Å²) >= 11 is 0.977. The summed E-state index contributed by atoms with van der Waals surface area (Å²) < 4.78 is 5.34. The maximum Gasteiger partial charge on any atom is 0.328 e. The summed E-state index contributed by atoms with van der Waals surface area (Å²) in [5, 5.41) is 0. The number of hydrogen-bond donors (Lipinski definition) is 1. The maximum atomic E-state index is 13.0. The van der Waals surface area contributed by atoms with Gasteiger partial charge in [-0.2, -0.15) is 4.37 Å². The number of aromatic amines is 1. The van der Waals surface area contributed by atoms with E-state index >= 15 is 0 Å². The van der Waals surface area contributed by atoms with Crippen LogP contribution in [0.5, 0.6) is 0 Å². The van der Waals surface area contributed by atoms with Crippen molar-refractivity contribution in [3.05, 3.63) is 61.1 Å². The van der Waals surface area contributed by atoms with Crippen molar-refractivity contribution in [2.75, 3.05) is 6.54 Å². The molecule has 0 radical (unpaired) electrons. The van der Waals surface area contributed by atoms with E-state index < -0.39 is 11.2 Å². The summed E-state index contributed by atoms with van der Waals surface area (Å²) in [6.07, 6.45) is 2.40. The molecule has 27 heavy (non-hydrogen) atoms. The van der Waals surface area contributed by atoms with Crippen LogP contribution in [0.1, 0.15) is 40.6 Å². The Balaban J connectivity index is 1.69. The number of carbonyl (C=O) groups excluding carboxylic acids is 1. The molecule has 0 saturated heterocycles. The number of rotatable bonds is 4. The van der Waals surface area contributed by atoms with E-state index in [9.17, 15) is 14.4 Å². The lowest BCUT2D eigenvalue weighted by Crippen LogP contribution is -2.37. The average Bonchev–Trinajstić information content (AvgIpc) is 3.10. The van der Waals surface area contributed by atoms with E-state index in [0.717, 1.165) is 40.9 Å². The fourth-order valence-electron chi connectivity index (χ4n) is 3.42. The van der Waals surface area contributed by atoms with Crippen LogP contribution in [0.3, 0.4) is 0 Å². The van der Waals surface area contributed by atoms with Gasteiger partial charge in [0.25, 0.3) is 11.5 Å². The van der Waals surface area contributed by atoms with Crippen LogP contribution < -0.4 is 11.2 Å². The highest BCUT2D eigenvalue weighted by atomic mass is 32.1. The minimum Gasteiger partial charge on any atom is -0.333 e. The third-order valence-corrected chi connectivity index (χ3v) is 5.80. The molecule has 1 aliphatic heterocycles. The highest BCUT2D eigenvalue weighted by Gasteiger charge is 2.26. The van der Waals surface area contributed by atoms with E-state index in [2.05, 4.69) is 15.4 Å². The van der Waals surface area contributed by atoms with E-state index in [-0.39, 0.29) is 16.9 Å².